The van der Waals surface area contributed by atoms with Gasteiger partial charge in [-0.25, -0.2) is 0 Å². The zero-order valence-corrected chi connectivity index (χ0v) is 7.18. The zero-order chi connectivity index (χ0) is 7.56. The van der Waals surface area contributed by atoms with Crippen LogP contribution >= 0.6 is 15.9 Å². The third kappa shape index (κ3) is 1.45. The van der Waals surface area contributed by atoms with Crippen molar-refractivity contribution in [2.24, 2.45) is 0 Å². The summed E-state index contributed by atoms with van der Waals surface area (Å²) in [6, 6.07) is 7.02. The number of aryl methyl sites for hydroxylation is 1. The highest BCUT2D eigenvalue weighted by atomic mass is 79.9. The van der Waals surface area contributed by atoms with Crippen LogP contribution in [0.3, 0.4) is 0 Å². The lowest BCUT2D eigenvalue weighted by molar-refractivity contribution is 1.43. The standard InChI is InChI=1S/C8H7BrO/c1-6-4-2-3-5-7(10)8(6)9/h2-5H,1H3. The van der Waals surface area contributed by atoms with Crippen molar-refractivity contribution in [2.45, 2.75) is 6.92 Å². The Bertz CT molecular complexity index is 293. The van der Waals surface area contributed by atoms with E-state index in [4.69, 9.17) is 0 Å². The van der Waals surface area contributed by atoms with Crippen LogP contribution in [-0.4, -0.2) is 0 Å². The minimum absolute atomic E-state index is 0.0301. The summed E-state index contributed by atoms with van der Waals surface area (Å²) in [5, 5.41) is 0. The molecule has 10 heavy (non-hydrogen) atoms. The molecule has 0 spiro atoms. The second-order valence-corrected chi connectivity index (χ2v) is 2.87. The van der Waals surface area contributed by atoms with Gasteiger partial charge < -0.3 is 0 Å². The first-order chi connectivity index (χ1) is 4.72. The van der Waals surface area contributed by atoms with Crippen LogP contribution in [0.2, 0.25) is 0 Å². The van der Waals surface area contributed by atoms with Crippen molar-refractivity contribution in [3.63, 3.8) is 0 Å². The molecule has 0 aliphatic heterocycles. The predicted molar refractivity (Wildman–Crippen MR) is 45.1 cm³/mol. The van der Waals surface area contributed by atoms with Gasteiger partial charge >= 0.3 is 0 Å². The van der Waals surface area contributed by atoms with E-state index >= 15 is 0 Å². The van der Waals surface area contributed by atoms with Gasteiger partial charge in [0.15, 0.2) is 5.43 Å². The summed E-state index contributed by atoms with van der Waals surface area (Å²) in [7, 11) is 0. The van der Waals surface area contributed by atoms with Crippen LogP contribution in [0.5, 0.6) is 0 Å². The summed E-state index contributed by atoms with van der Waals surface area (Å²) in [5.41, 5.74) is 0.998. The number of halogens is 1. The monoisotopic (exact) mass is 198 g/mol. The third-order valence-corrected chi connectivity index (χ3v) is 2.28. The molecular weight excluding hydrogens is 192 g/mol. The fourth-order valence-electron chi connectivity index (χ4n) is 0.684. The summed E-state index contributed by atoms with van der Waals surface area (Å²) in [4.78, 5) is 11.0. The highest BCUT2D eigenvalue weighted by molar-refractivity contribution is 9.10. The van der Waals surface area contributed by atoms with E-state index in [9.17, 15) is 4.79 Å². The van der Waals surface area contributed by atoms with Gasteiger partial charge in [0.1, 0.15) is 0 Å². The molecule has 0 aromatic heterocycles. The van der Waals surface area contributed by atoms with Crippen molar-refractivity contribution in [3.05, 3.63) is 44.5 Å². The van der Waals surface area contributed by atoms with Crippen molar-refractivity contribution in [3.8, 4) is 0 Å². The smallest absolute Gasteiger partial charge is 0.193 e. The van der Waals surface area contributed by atoms with E-state index in [1.807, 2.05) is 19.1 Å². The molecule has 1 rings (SSSR count). The molecule has 0 unspecified atom stereocenters. The molecule has 0 N–H and O–H groups in total. The zero-order valence-electron chi connectivity index (χ0n) is 5.60. The van der Waals surface area contributed by atoms with Gasteiger partial charge in [-0.2, -0.15) is 0 Å². The van der Waals surface area contributed by atoms with Crippen LogP contribution in [0.4, 0.5) is 0 Å². The molecule has 0 saturated carbocycles. The lowest BCUT2D eigenvalue weighted by Crippen LogP contribution is -1.95. The van der Waals surface area contributed by atoms with E-state index in [1.165, 1.54) is 6.07 Å². The Labute approximate surface area is 67.8 Å². The van der Waals surface area contributed by atoms with E-state index in [2.05, 4.69) is 15.9 Å². The Morgan fingerprint density at radius 2 is 1.90 bits per heavy atom. The number of rotatable bonds is 0. The van der Waals surface area contributed by atoms with Gasteiger partial charge in [0.2, 0.25) is 0 Å². The molecule has 1 nitrogen and oxygen atoms in total. The summed E-state index contributed by atoms with van der Waals surface area (Å²) < 4.78 is 0.650. The lowest BCUT2D eigenvalue weighted by atomic mass is 10.3. The first kappa shape index (κ1) is 7.48. The van der Waals surface area contributed by atoms with Crippen LogP contribution in [0.25, 0.3) is 0 Å². The first-order valence-electron chi connectivity index (χ1n) is 2.97. The van der Waals surface area contributed by atoms with Crippen LogP contribution < -0.4 is 5.43 Å². The highest BCUT2D eigenvalue weighted by Gasteiger charge is 1.93. The maximum absolute atomic E-state index is 11.0. The molecule has 0 heterocycles. The molecule has 0 atom stereocenters. The molecule has 0 saturated heterocycles. The number of hydrogen-bond acceptors (Lipinski definition) is 1. The topological polar surface area (TPSA) is 17.1 Å². The Balaban J connectivity index is 3.53. The third-order valence-electron chi connectivity index (χ3n) is 1.27. The van der Waals surface area contributed by atoms with Gasteiger partial charge in [-0.3, -0.25) is 4.79 Å². The average Bonchev–Trinajstić information content (AvgIpc) is 2.04. The summed E-state index contributed by atoms with van der Waals surface area (Å²) >= 11 is 3.20. The Morgan fingerprint density at radius 1 is 1.30 bits per heavy atom. The van der Waals surface area contributed by atoms with Gasteiger partial charge in [-0.15, -0.1) is 0 Å². The molecule has 2 heteroatoms. The van der Waals surface area contributed by atoms with Gasteiger partial charge in [0.05, 0.1) is 4.47 Å². The number of hydrogen-bond donors (Lipinski definition) is 0. The van der Waals surface area contributed by atoms with Gasteiger partial charge in [0, 0.05) is 0 Å². The van der Waals surface area contributed by atoms with Crippen molar-refractivity contribution in [1.82, 2.24) is 0 Å². The van der Waals surface area contributed by atoms with Gasteiger partial charge in [-0.1, -0.05) is 18.2 Å². The quantitative estimate of drug-likeness (QED) is 0.625. The highest BCUT2D eigenvalue weighted by Crippen LogP contribution is 2.07. The van der Waals surface area contributed by atoms with Crippen molar-refractivity contribution in [1.29, 1.82) is 0 Å². The largest absolute Gasteiger partial charge is 0.289 e. The Hall–Kier alpha value is -0.630. The fraction of sp³-hybridized carbons (Fsp3) is 0.125. The molecule has 0 bridgehead atoms. The molecule has 52 valence electrons. The van der Waals surface area contributed by atoms with Crippen LogP contribution in [-0.2, 0) is 0 Å². The van der Waals surface area contributed by atoms with Crippen molar-refractivity contribution < 1.29 is 0 Å². The Morgan fingerprint density at radius 3 is 2.60 bits per heavy atom. The average molecular weight is 199 g/mol. The second-order valence-electron chi connectivity index (χ2n) is 2.08. The fourth-order valence-corrected chi connectivity index (χ4v) is 0.948. The van der Waals surface area contributed by atoms with Crippen LogP contribution in [0, 0.1) is 6.92 Å². The Kier molecular flexibility index (Phi) is 2.22. The SMILES string of the molecule is Cc1ccccc(=O)c1Br. The van der Waals surface area contributed by atoms with E-state index in [0.717, 1.165) is 5.56 Å². The first-order valence-corrected chi connectivity index (χ1v) is 3.76. The molecule has 0 amide bonds. The van der Waals surface area contributed by atoms with Crippen LogP contribution in [0.1, 0.15) is 5.56 Å². The maximum Gasteiger partial charge on any atom is 0.193 e. The summed E-state index contributed by atoms with van der Waals surface area (Å²) in [6.07, 6.45) is 0. The molecular formula is C8H7BrO. The molecule has 0 radical (unpaired) electrons. The normalized spacial score (nSPS) is 9.40. The molecule has 1 aromatic carbocycles. The minimum atomic E-state index is 0.0301. The maximum atomic E-state index is 11.0. The van der Waals surface area contributed by atoms with E-state index in [1.54, 1.807) is 6.07 Å². The van der Waals surface area contributed by atoms with Gasteiger partial charge in [-0.05, 0) is 34.5 Å². The molecule has 0 fully saturated rings. The minimum Gasteiger partial charge on any atom is -0.289 e. The van der Waals surface area contributed by atoms with E-state index in [-0.39, 0.29) is 5.43 Å². The van der Waals surface area contributed by atoms with E-state index in [0.29, 0.717) is 4.47 Å². The predicted octanol–water partition coefficient (Wildman–Crippen LogP) is 2.12. The van der Waals surface area contributed by atoms with Crippen LogP contribution in [0.15, 0.2) is 33.5 Å². The second kappa shape index (κ2) is 2.97. The molecule has 0 aliphatic carbocycles. The summed E-state index contributed by atoms with van der Waals surface area (Å²) in [6.45, 7) is 1.89. The molecule has 1 aromatic rings. The van der Waals surface area contributed by atoms with Gasteiger partial charge in [0.25, 0.3) is 0 Å². The van der Waals surface area contributed by atoms with Crippen molar-refractivity contribution >= 4 is 15.9 Å². The van der Waals surface area contributed by atoms with E-state index < -0.39 is 0 Å². The summed E-state index contributed by atoms with van der Waals surface area (Å²) in [5.74, 6) is 0. The lowest BCUT2D eigenvalue weighted by Gasteiger charge is -1.84. The molecule has 0 aliphatic rings. The van der Waals surface area contributed by atoms with Crippen molar-refractivity contribution in [2.75, 3.05) is 0 Å².